The summed E-state index contributed by atoms with van der Waals surface area (Å²) in [7, 11) is -3.37. The smallest absolute Gasteiger partial charge is 0.275 e. The molecule has 1 aliphatic heterocycles. The van der Waals surface area contributed by atoms with Gasteiger partial charge in [0.05, 0.1) is 26.2 Å². The molecule has 6 nitrogen and oxygen atoms in total. The van der Waals surface area contributed by atoms with Gasteiger partial charge in [0.1, 0.15) is 4.21 Å². The van der Waals surface area contributed by atoms with Crippen LogP contribution in [-0.2, 0) is 14.8 Å². The van der Waals surface area contributed by atoms with Crippen LogP contribution in [0.4, 0.5) is 0 Å². The van der Waals surface area contributed by atoms with Crippen LogP contribution in [0.5, 0.6) is 0 Å². The topological polar surface area (TPSA) is 70.9 Å². The highest BCUT2D eigenvalue weighted by atomic mass is 32.2. The second-order valence-corrected chi connectivity index (χ2v) is 10.2. The molecule has 1 saturated heterocycles. The summed E-state index contributed by atoms with van der Waals surface area (Å²) < 4.78 is 27.0. The molecule has 0 radical (unpaired) electrons. The number of rotatable bonds is 10. The molecule has 0 spiro atoms. The zero-order valence-corrected chi connectivity index (χ0v) is 17.5. The average molecular weight is 403 g/mol. The van der Waals surface area contributed by atoms with Crippen LogP contribution in [0.15, 0.2) is 21.7 Å². The molecule has 1 aliphatic rings. The van der Waals surface area contributed by atoms with Gasteiger partial charge in [0.25, 0.3) is 15.9 Å². The Kier molecular flexibility index (Phi) is 8.53. The van der Waals surface area contributed by atoms with Gasteiger partial charge in [-0.1, -0.05) is 38.7 Å². The summed E-state index contributed by atoms with van der Waals surface area (Å²) in [6.07, 6.45) is 5.87. The van der Waals surface area contributed by atoms with Crippen LogP contribution >= 0.6 is 11.3 Å². The SMILES string of the molecule is CCCCCC[C@H](C)NC(=O)C[NH+]1CCN(S(=O)(=O)c2cccs2)CC1. The molecule has 2 heterocycles. The van der Waals surface area contributed by atoms with Crippen molar-refractivity contribution in [2.45, 2.75) is 56.2 Å². The minimum atomic E-state index is -3.37. The van der Waals surface area contributed by atoms with Gasteiger partial charge in [0, 0.05) is 6.04 Å². The molecule has 2 rings (SSSR count). The lowest BCUT2D eigenvalue weighted by molar-refractivity contribution is -0.895. The number of piperazine rings is 1. The molecule has 1 aromatic heterocycles. The molecule has 1 atom stereocenters. The number of hydrogen-bond donors (Lipinski definition) is 2. The Hall–Kier alpha value is -0.960. The normalized spacial score (nSPS) is 17.9. The highest BCUT2D eigenvalue weighted by Gasteiger charge is 2.31. The van der Waals surface area contributed by atoms with Gasteiger partial charge in [-0.3, -0.25) is 4.79 Å². The molecule has 8 heteroatoms. The van der Waals surface area contributed by atoms with Crippen molar-refractivity contribution < 1.29 is 18.1 Å². The molecule has 26 heavy (non-hydrogen) atoms. The van der Waals surface area contributed by atoms with Gasteiger partial charge in [-0.2, -0.15) is 4.31 Å². The monoisotopic (exact) mass is 402 g/mol. The first-order valence-electron chi connectivity index (χ1n) is 9.60. The van der Waals surface area contributed by atoms with Crippen molar-refractivity contribution in [3.05, 3.63) is 17.5 Å². The van der Waals surface area contributed by atoms with Gasteiger partial charge < -0.3 is 10.2 Å². The lowest BCUT2D eigenvalue weighted by atomic mass is 10.1. The zero-order valence-electron chi connectivity index (χ0n) is 15.9. The summed E-state index contributed by atoms with van der Waals surface area (Å²) in [6, 6.07) is 3.61. The van der Waals surface area contributed by atoms with Crippen LogP contribution in [0.1, 0.15) is 46.0 Å². The lowest BCUT2D eigenvalue weighted by Gasteiger charge is -2.31. The van der Waals surface area contributed by atoms with E-state index in [-0.39, 0.29) is 11.9 Å². The molecule has 0 saturated carbocycles. The molecular formula is C18H32N3O3S2+. The Labute approximate surface area is 161 Å². The number of carbonyl (C=O) groups excluding carboxylic acids is 1. The quantitative estimate of drug-likeness (QED) is 0.576. The third kappa shape index (κ3) is 6.33. The zero-order chi connectivity index (χ0) is 19.0. The molecule has 1 aromatic rings. The summed E-state index contributed by atoms with van der Waals surface area (Å²) >= 11 is 1.25. The van der Waals surface area contributed by atoms with Crippen LogP contribution < -0.4 is 10.2 Å². The van der Waals surface area contributed by atoms with E-state index in [4.69, 9.17) is 0 Å². The highest BCUT2D eigenvalue weighted by molar-refractivity contribution is 7.91. The number of unbranched alkanes of at least 4 members (excludes halogenated alkanes) is 3. The van der Waals surface area contributed by atoms with E-state index in [0.29, 0.717) is 36.9 Å². The van der Waals surface area contributed by atoms with Crippen molar-refractivity contribution in [3.8, 4) is 0 Å². The number of hydrogen-bond acceptors (Lipinski definition) is 4. The maximum absolute atomic E-state index is 12.5. The molecular weight excluding hydrogens is 370 g/mol. The standard InChI is InChI=1S/C18H31N3O3S2/c1-3-4-5-6-8-16(2)19-17(22)15-20-10-12-21(13-11-20)26(23,24)18-9-7-14-25-18/h7,9,14,16H,3-6,8,10-13,15H2,1-2H3,(H,19,22)/p+1/t16-/m0/s1. The van der Waals surface area contributed by atoms with Crippen molar-refractivity contribution in [1.29, 1.82) is 0 Å². The number of amides is 1. The lowest BCUT2D eigenvalue weighted by Crippen LogP contribution is -3.15. The van der Waals surface area contributed by atoms with Gasteiger partial charge >= 0.3 is 0 Å². The number of nitrogens with zero attached hydrogens (tertiary/aromatic N) is 1. The number of quaternary nitrogens is 1. The molecule has 1 amide bonds. The predicted molar refractivity (Wildman–Crippen MR) is 105 cm³/mol. The second-order valence-electron chi connectivity index (χ2n) is 7.08. The maximum Gasteiger partial charge on any atom is 0.275 e. The summed E-state index contributed by atoms with van der Waals surface area (Å²) in [5.74, 6) is 0.0672. The summed E-state index contributed by atoms with van der Waals surface area (Å²) in [6.45, 7) is 6.95. The van der Waals surface area contributed by atoms with E-state index in [1.54, 1.807) is 17.5 Å². The summed E-state index contributed by atoms with van der Waals surface area (Å²) in [5.41, 5.74) is 0. The first-order valence-corrected chi connectivity index (χ1v) is 11.9. The van der Waals surface area contributed by atoms with Gasteiger partial charge in [-0.15, -0.1) is 11.3 Å². The van der Waals surface area contributed by atoms with Crippen molar-refractivity contribution in [2.75, 3.05) is 32.7 Å². The first kappa shape index (κ1) is 21.3. The van der Waals surface area contributed by atoms with E-state index in [0.717, 1.165) is 17.7 Å². The van der Waals surface area contributed by atoms with Crippen LogP contribution in [0.25, 0.3) is 0 Å². The van der Waals surface area contributed by atoms with Crippen LogP contribution in [0, 0.1) is 0 Å². The van der Waals surface area contributed by atoms with E-state index in [2.05, 4.69) is 19.2 Å². The molecule has 0 aromatic carbocycles. The van der Waals surface area contributed by atoms with Crippen molar-refractivity contribution in [3.63, 3.8) is 0 Å². The third-order valence-electron chi connectivity index (χ3n) is 4.83. The largest absolute Gasteiger partial charge is 0.349 e. The van der Waals surface area contributed by atoms with E-state index < -0.39 is 10.0 Å². The number of thiophene rings is 1. The predicted octanol–water partition coefficient (Wildman–Crippen LogP) is 1.11. The molecule has 0 bridgehead atoms. The van der Waals surface area contributed by atoms with Crippen molar-refractivity contribution in [1.82, 2.24) is 9.62 Å². The number of nitrogens with one attached hydrogen (secondary N) is 2. The van der Waals surface area contributed by atoms with E-state index in [9.17, 15) is 13.2 Å². The van der Waals surface area contributed by atoms with E-state index >= 15 is 0 Å². The van der Waals surface area contributed by atoms with Crippen LogP contribution in [0.3, 0.4) is 0 Å². The van der Waals surface area contributed by atoms with Crippen LogP contribution in [-0.4, -0.2) is 57.4 Å². The number of sulfonamides is 1. The average Bonchev–Trinajstić information content (AvgIpc) is 3.14. The summed E-state index contributed by atoms with van der Waals surface area (Å²) in [4.78, 5) is 13.4. The fourth-order valence-corrected chi connectivity index (χ4v) is 5.85. The van der Waals surface area contributed by atoms with E-state index in [1.165, 1.54) is 34.9 Å². The molecule has 0 aliphatic carbocycles. The Morgan fingerprint density at radius 1 is 1.31 bits per heavy atom. The fourth-order valence-electron chi connectivity index (χ4n) is 3.26. The Morgan fingerprint density at radius 2 is 2.04 bits per heavy atom. The van der Waals surface area contributed by atoms with Crippen molar-refractivity contribution in [2.24, 2.45) is 0 Å². The Bertz CT molecular complexity index is 639. The maximum atomic E-state index is 12.5. The van der Waals surface area contributed by atoms with Gasteiger partial charge in [-0.25, -0.2) is 8.42 Å². The summed E-state index contributed by atoms with van der Waals surface area (Å²) in [5, 5.41) is 4.86. The van der Waals surface area contributed by atoms with Crippen LogP contribution in [0.2, 0.25) is 0 Å². The molecule has 2 N–H and O–H groups in total. The Balaban J connectivity index is 1.70. The van der Waals surface area contributed by atoms with Gasteiger partial charge in [-0.05, 0) is 24.8 Å². The van der Waals surface area contributed by atoms with E-state index in [1.807, 2.05) is 0 Å². The van der Waals surface area contributed by atoms with Crippen molar-refractivity contribution >= 4 is 27.3 Å². The highest BCUT2D eigenvalue weighted by Crippen LogP contribution is 2.20. The molecule has 1 fully saturated rings. The second kappa shape index (κ2) is 10.4. The fraction of sp³-hybridized carbons (Fsp3) is 0.722. The minimum Gasteiger partial charge on any atom is -0.349 e. The first-order chi connectivity index (χ1) is 12.4. The minimum absolute atomic E-state index is 0.0672. The molecule has 0 unspecified atom stereocenters. The third-order valence-corrected chi connectivity index (χ3v) is 8.10. The van der Waals surface area contributed by atoms with Gasteiger partial charge in [0.2, 0.25) is 0 Å². The molecule has 148 valence electrons. The van der Waals surface area contributed by atoms with Gasteiger partial charge in [0.15, 0.2) is 6.54 Å². The Morgan fingerprint density at radius 3 is 2.65 bits per heavy atom. The number of carbonyl (C=O) groups is 1.